The lowest BCUT2D eigenvalue weighted by atomic mass is 9.90. The normalized spacial score (nSPS) is 21.8. The van der Waals surface area contributed by atoms with E-state index in [-0.39, 0.29) is 22.0 Å². The van der Waals surface area contributed by atoms with Crippen LogP contribution >= 0.6 is 0 Å². The third kappa shape index (κ3) is 12.0. The standard InChI is InChI=1S/C27H49NO5/c1-6-8-10-12-13-14-15-16-17-19-22(28(30)31)21-24-23(20-18-11-9-7-2)25(29)33-26(32-24)27(3,4)5/h21,23-24,26H,6-20H2,1-5H3/b22-21+/t23-,24-,26-/m0/s1. The minimum absolute atomic E-state index is 0.170. The first-order valence-electron chi connectivity index (χ1n) is 13.4. The van der Waals surface area contributed by atoms with E-state index in [4.69, 9.17) is 9.47 Å². The smallest absolute Gasteiger partial charge is 0.314 e. The molecular weight excluding hydrogens is 418 g/mol. The Balaban J connectivity index is 2.71. The van der Waals surface area contributed by atoms with Crippen molar-refractivity contribution in [1.82, 2.24) is 0 Å². The molecule has 192 valence electrons. The number of unbranched alkanes of at least 4 members (excludes halogenated alkanes) is 11. The molecule has 1 aliphatic heterocycles. The van der Waals surface area contributed by atoms with Crippen molar-refractivity contribution < 1.29 is 19.2 Å². The summed E-state index contributed by atoms with van der Waals surface area (Å²) in [5, 5.41) is 11.8. The molecule has 0 aliphatic carbocycles. The van der Waals surface area contributed by atoms with Gasteiger partial charge in [-0.05, 0) is 12.8 Å². The van der Waals surface area contributed by atoms with Crippen molar-refractivity contribution in [2.45, 2.75) is 143 Å². The Morgan fingerprint density at radius 3 is 1.94 bits per heavy atom. The predicted octanol–water partition coefficient (Wildman–Crippen LogP) is 7.97. The molecule has 0 amide bonds. The molecule has 1 fully saturated rings. The Morgan fingerprint density at radius 2 is 1.42 bits per heavy atom. The molecule has 1 rings (SSSR count). The maximum Gasteiger partial charge on any atom is 0.314 e. The van der Waals surface area contributed by atoms with Crippen LogP contribution in [0.15, 0.2) is 11.8 Å². The number of esters is 1. The Kier molecular flexibility index (Phi) is 14.6. The molecule has 0 unspecified atom stereocenters. The number of hydrogen-bond acceptors (Lipinski definition) is 5. The minimum atomic E-state index is -0.696. The van der Waals surface area contributed by atoms with Crippen LogP contribution in [-0.2, 0) is 14.3 Å². The average Bonchev–Trinajstić information content (AvgIpc) is 2.75. The molecule has 0 aromatic heterocycles. The lowest BCUT2D eigenvalue weighted by molar-refractivity contribution is -0.429. The molecule has 6 nitrogen and oxygen atoms in total. The van der Waals surface area contributed by atoms with E-state index < -0.39 is 18.3 Å². The van der Waals surface area contributed by atoms with Crippen molar-refractivity contribution in [3.05, 3.63) is 21.9 Å². The van der Waals surface area contributed by atoms with Gasteiger partial charge in [0.1, 0.15) is 0 Å². The molecule has 33 heavy (non-hydrogen) atoms. The van der Waals surface area contributed by atoms with Gasteiger partial charge in [0.15, 0.2) is 0 Å². The van der Waals surface area contributed by atoms with Crippen molar-refractivity contribution in [1.29, 1.82) is 0 Å². The van der Waals surface area contributed by atoms with E-state index in [2.05, 4.69) is 13.8 Å². The van der Waals surface area contributed by atoms with Crippen LogP contribution in [0, 0.1) is 21.4 Å². The van der Waals surface area contributed by atoms with E-state index in [0.29, 0.717) is 12.8 Å². The third-order valence-corrected chi connectivity index (χ3v) is 6.41. The van der Waals surface area contributed by atoms with Gasteiger partial charge in [0, 0.05) is 17.9 Å². The number of allylic oxidation sites excluding steroid dienone is 1. The summed E-state index contributed by atoms with van der Waals surface area (Å²) < 4.78 is 11.7. The molecule has 1 saturated heterocycles. The Morgan fingerprint density at radius 1 is 0.909 bits per heavy atom. The highest BCUT2D eigenvalue weighted by Crippen LogP contribution is 2.34. The molecule has 0 aromatic rings. The summed E-state index contributed by atoms with van der Waals surface area (Å²) >= 11 is 0. The molecular formula is C27H49NO5. The zero-order valence-electron chi connectivity index (χ0n) is 21.9. The van der Waals surface area contributed by atoms with Gasteiger partial charge in [0.25, 0.3) is 0 Å². The quantitative estimate of drug-likeness (QED) is 0.0937. The van der Waals surface area contributed by atoms with Gasteiger partial charge < -0.3 is 9.47 Å². The summed E-state index contributed by atoms with van der Waals surface area (Å²) in [6, 6.07) is 0. The van der Waals surface area contributed by atoms with Gasteiger partial charge in [-0.2, -0.15) is 0 Å². The minimum Gasteiger partial charge on any atom is -0.435 e. The van der Waals surface area contributed by atoms with E-state index in [0.717, 1.165) is 44.9 Å². The predicted molar refractivity (Wildman–Crippen MR) is 133 cm³/mol. The van der Waals surface area contributed by atoms with Crippen molar-refractivity contribution in [2.24, 2.45) is 11.3 Å². The summed E-state index contributed by atoms with van der Waals surface area (Å²) in [5.74, 6) is -0.761. The van der Waals surface area contributed by atoms with E-state index in [1.54, 1.807) is 6.08 Å². The second-order valence-electron chi connectivity index (χ2n) is 10.7. The number of carbonyl (C=O) groups is 1. The molecule has 0 saturated carbocycles. The van der Waals surface area contributed by atoms with Crippen molar-refractivity contribution >= 4 is 5.97 Å². The Hall–Kier alpha value is -1.43. The van der Waals surface area contributed by atoms with Gasteiger partial charge in [0.2, 0.25) is 12.0 Å². The van der Waals surface area contributed by atoms with E-state index in [1.807, 2.05) is 20.8 Å². The van der Waals surface area contributed by atoms with Crippen LogP contribution in [-0.4, -0.2) is 23.3 Å². The van der Waals surface area contributed by atoms with Gasteiger partial charge in [-0.1, -0.05) is 112 Å². The molecule has 1 aliphatic rings. The number of carbonyl (C=O) groups excluding carboxylic acids is 1. The molecule has 0 spiro atoms. The van der Waals surface area contributed by atoms with Crippen LogP contribution in [0.25, 0.3) is 0 Å². The SMILES string of the molecule is CCCCCCCCCCC/C(=C\[C@@H]1O[C@H](C(C)(C)C)OC(=O)[C@H]1CCCCCC)[N+](=O)[O-]. The Bertz CT molecular complexity index is 596. The maximum atomic E-state index is 12.8. The fraction of sp³-hybridized carbons (Fsp3) is 0.889. The summed E-state index contributed by atoms with van der Waals surface area (Å²) in [4.78, 5) is 24.3. The molecule has 0 bridgehead atoms. The van der Waals surface area contributed by atoms with Gasteiger partial charge in [-0.3, -0.25) is 14.9 Å². The van der Waals surface area contributed by atoms with Crippen LogP contribution < -0.4 is 0 Å². The molecule has 3 atom stereocenters. The fourth-order valence-corrected chi connectivity index (χ4v) is 4.24. The third-order valence-electron chi connectivity index (χ3n) is 6.41. The van der Waals surface area contributed by atoms with Crippen LogP contribution in [0.3, 0.4) is 0 Å². The van der Waals surface area contributed by atoms with Crippen molar-refractivity contribution in [2.75, 3.05) is 0 Å². The average molecular weight is 468 g/mol. The summed E-state index contributed by atoms with van der Waals surface area (Å²) in [7, 11) is 0. The summed E-state index contributed by atoms with van der Waals surface area (Å²) in [6.45, 7) is 10.2. The topological polar surface area (TPSA) is 78.7 Å². The highest BCUT2D eigenvalue weighted by molar-refractivity contribution is 5.74. The molecule has 0 aromatic carbocycles. The second kappa shape index (κ2) is 16.2. The number of rotatable bonds is 17. The first kappa shape index (κ1) is 29.6. The van der Waals surface area contributed by atoms with E-state index >= 15 is 0 Å². The van der Waals surface area contributed by atoms with Crippen LogP contribution in [0.2, 0.25) is 0 Å². The monoisotopic (exact) mass is 467 g/mol. The lowest BCUT2D eigenvalue weighted by Gasteiger charge is -2.39. The Labute approximate surface area is 202 Å². The fourth-order valence-electron chi connectivity index (χ4n) is 4.24. The van der Waals surface area contributed by atoms with Gasteiger partial charge >= 0.3 is 5.97 Å². The van der Waals surface area contributed by atoms with Gasteiger partial charge in [0.05, 0.1) is 16.9 Å². The first-order chi connectivity index (χ1) is 15.7. The zero-order chi connectivity index (χ0) is 24.7. The molecule has 0 N–H and O–H groups in total. The molecule has 6 heteroatoms. The van der Waals surface area contributed by atoms with E-state index in [1.165, 1.54) is 38.5 Å². The van der Waals surface area contributed by atoms with Crippen molar-refractivity contribution in [3.8, 4) is 0 Å². The highest BCUT2D eigenvalue weighted by Gasteiger charge is 2.43. The van der Waals surface area contributed by atoms with Crippen LogP contribution in [0.5, 0.6) is 0 Å². The number of ether oxygens (including phenoxy) is 2. The largest absolute Gasteiger partial charge is 0.435 e. The zero-order valence-corrected chi connectivity index (χ0v) is 21.9. The van der Waals surface area contributed by atoms with Crippen LogP contribution in [0.1, 0.15) is 131 Å². The van der Waals surface area contributed by atoms with Gasteiger partial charge in [-0.15, -0.1) is 0 Å². The second-order valence-corrected chi connectivity index (χ2v) is 10.7. The maximum absolute atomic E-state index is 12.8. The first-order valence-corrected chi connectivity index (χ1v) is 13.4. The van der Waals surface area contributed by atoms with Gasteiger partial charge in [-0.25, -0.2) is 0 Å². The summed E-state index contributed by atoms with van der Waals surface area (Å²) in [5.41, 5.74) is -0.218. The van der Waals surface area contributed by atoms with Crippen LogP contribution in [0.4, 0.5) is 0 Å². The number of nitrogens with zero attached hydrogens (tertiary/aromatic N) is 1. The number of hydrogen-bond donors (Lipinski definition) is 0. The highest BCUT2D eigenvalue weighted by atomic mass is 16.7. The summed E-state index contributed by atoms with van der Waals surface area (Å²) in [6.07, 6.45) is 16.1. The number of nitro groups is 1. The number of cyclic esters (lactones) is 1. The lowest BCUT2D eigenvalue weighted by Crippen LogP contribution is -2.48. The van der Waals surface area contributed by atoms with Crippen molar-refractivity contribution in [3.63, 3.8) is 0 Å². The molecule has 0 radical (unpaired) electrons. The molecule has 1 heterocycles. The van der Waals surface area contributed by atoms with E-state index in [9.17, 15) is 14.9 Å².